The molecule has 0 heterocycles. The van der Waals surface area contributed by atoms with Crippen molar-refractivity contribution in [2.45, 2.75) is 43.9 Å². The number of unbranched alkanes of at least 4 members (excludes halogenated alkanes) is 1. The first-order valence-electron chi connectivity index (χ1n) is 6.87. The third-order valence-electron chi connectivity index (χ3n) is 3.04. The third kappa shape index (κ3) is 5.85. The fourth-order valence-corrected chi connectivity index (χ4v) is 2.68. The molecule has 0 atom stereocenters. The number of methoxy groups -OCH3 is 1. The van der Waals surface area contributed by atoms with Crippen LogP contribution in [0.1, 0.15) is 39.2 Å². The van der Waals surface area contributed by atoms with Crippen molar-refractivity contribution in [1.82, 2.24) is 0 Å². The summed E-state index contributed by atoms with van der Waals surface area (Å²) in [5.41, 5.74) is 0.593. The minimum absolute atomic E-state index is 0.0980. The summed E-state index contributed by atoms with van der Waals surface area (Å²) in [7, 11) is 3.35. The maximum Gasteiger partial charge on any atom is 0.261 e. The smallest absolute Gasteiger partial charge is 0.261 e. The minimum Gasteiger partial charge on any atom is -0.493 e. The van der Waals surface area contributed by atoms with Crippen LogP contribution in [0.5, 0.6) is 5.75 Å². The predicted molar refractivity (Wildman–Crippen MR) is 84.8 cm³/mol. The van der Waals surface area contributed by atoms with E-state index >= 15 is 0 Å². The molecule has 1 aromatic carbocycles. The van der Waals surface area contributed by atoms with Crippen LogP contribution in [0.4, 0.5) is 0 Å². The first kappa shape index (κ1) is 18.3. The Kier molecular flexibility index (Phi) is 6.50. The van der Waals surface area contributed by atoms with E-state index in [1.54, 1.807) is 19.2 Å². The molecule has 0 N–H and O–H groups in total. The standard InChI is InChI=1S/C15H23ClO4S/c1-15(2,3)13-11-12(21(16,17)18)7-8-14(13)20-10-6-5-9-19-4/h7-8,11H,5-6,9-10H2,1-4H3. The van der Waals surface area contributed by atoms with Crippen LogP contribution in [0, 0.1) is 0 Å². The second-order valence-corrected chi connectivity index (χ2v) is 8.46. The van der Waals surface area contributed by atoms with Crippen molar-refractivity contribution in [3.05, 3.63) is 23.8 Å². The Balaban J connectivity index is 2.93. The number of hydrogen-bond acceptors (Lipinski definition) is 4. The molecule has 0 aromatic heterocycles. The molecule has 21 heavy (non-hydrogen) atoms. The molecule has 6 heteroatoms. The quantitative estimate of drug-likeness (QED) is 0.563. The molecule has 0 aliphatic heterocycles. The highest BCUT2D eigenvalue weighted by atomic mass is 35.7. The Labute approximate surface area is 131 Å². The van der Waals surface area contributed by atoms with Crippen LogP contribution in [-0.2, 0) is 19.2 Å². The third-order valence-corrected chi connectivity index (χ3v) is 4.39. The summed E-state index contributed by atoms with van der Waals surface area (Å²) in [5, 5.41) is 0. The summed E-state index contributed by atoms with van der Waals surface area (Å²) in [4.78, 5) is 0.0980. The summed E-state index contributed by atoms with van der Waals surface area (Å²) in [6.07, 6.45) is 1.81. The van der Waals surface area contributed by atoms with E-state index in [4.69, 9.17) is 20.2 Å². The molecule has 1 rings (SSSR count). The van der Waals surface area contributed by atoms with E-state index in [0.29, 0.717) is 19.0 Å². The topological polar surface area (TPSA) is 52.6 Å². The van der Waals surface area contributed by atoms with E-state index < -0.39 is 9.05 Å². The Morgan fingerprint density at radius 3 is 2.29 bits per heavy atom. The fraction of sp³-hybridized carbons (Fsp3) is 0.600. The van der Waals surface area contributed by atoms with E-state index in [2.05, 4.69) is 0 Å². The zero-order chi connectivity index (χ0) is 16.1. The maximum absolute atomic E-state index is 11.5. The second kappa shape index (κ2) is 7.47. The number of rotatable bonds is 7. The van der Waals surface area contributed by atoms with Gasteiger partial charge in [-0.3, -0.25) is 0 Å². The van der Waals surface area contributed by atoms with E-state index in [0.717, 1.165) is 18.4 Å². The SMILES string of the molecule is COCCCCOc1ccc(S(=O)(=O)Cl)cc1C(C)(C)C. The van der Waals surface area contributed by atoms with Gasteiger partial charge in [-0.15, -0.1) is 0 Å². The van der Waals surface area contributed by atoms with Crippen LogP contribution < -0.4 is 4.74 Å². The molecule has 0 aliphatic carbocycles. The molecule has 0 saturated carbocycles. The van der Waals surface area contributed by atoms with Crippen molar-refractivity contribution in [2.24, 2.45) is 0 Å². The molecule has 0 amide bonds. The lowest BCUT2D eigenvalue weighted by Crippen LogP contribution is -2.15. The van der Waals surface area contributed by atoms with Gasteiger partial charge in [0.05, 0.1) is 11.5 Å². The van der Waals surface area contributed by atoms with E-state index in [-0.39, 0.29) is 10.3 Å². The molecule has 4 nitrogen and oxygen atoms in total. The number of ether oxygens (including phenoxy) is 2. The van der Waals surface area contributed by atoms with Crippen molar-refractivity contribution in [1.29, 1.82) is 0 Å². The van der Waals surface area contributed by atoms with Gasteiger partial charge in [0.2, 0.25) is 0 Å². The zero-order valence-electron chi connectivity index (χ0n) is 13.0. The predicted octanol–water partition coefficient (Wildman–Crippen LogP) is 3.72. The molecule has 0 unspecified atom stereocenters. The van der Waals surface area contributed by atoms with Crippen molar-refractivity contribution in [3.63, 3.8) is 0 Å². The van der Waals surface area contributed by atoms with Crippen LogP contribution in [-0.4, -0.2) is 28.7 Å². The van der Waals surface area contributed by atoms with Crippen LogP contribution in [0.3, 0.4) is 0 Å². The first-order valence-corrected chi connectivity index (χ1v) is 9.18. The lowest BCUT2D eigenvalue weighted by atomic mass is 9.86. The van der Waals surface area contributed by atoms with Crippen molar-refractivity contribution < 1.29 is 17.9 Å². The number of halogens is 1. The van der Waals surface area contributed by atoms with Gasteiger partial charge in [-0.2, -0.15) is 0 Å². The molecule has 0 bridgehead atoms. The molecule has 0 saturated heterocycles. The highest BCUT2D eigenvalue weighted by Crippen LogP contribution is 2.34. The van der Waals surface area contributed by atoms with Crippen molar-refractivity contribution >= 4 is 19.7 Å². The fourth-order valence-electron chi connectivity index (χ4n) is 1.90. The van der Waals surface area contributed by atoms with E-state index in [1.807, 2.05) is 20.8 Å². The lowest BCUT2D eigenvalue weighted by Gasteiger charge is -2.23. The van der Waals surface area contributed by atoms with E-state index in [9.17, 15) is 8.42 Å². The van der Waals surface area contributed by atoms with Gasteiger partial charge in [0.25, 0.3) is 9.05 Å². The molecular weight excluding hydrogens is 312 g/mol. The van der Waals surface area contributed by atoms with Gasteiger partial charge in [0.1, 0.15) is 5.75 Å². The molecule has 0 radical (unpaired) electrons. The summed E-state index contributed by atoms with van der Waals surface area (Å²) >= 11 is 0. The largest absolute Gasteiger partial charge is 0.493 e. The number of benzene rings is 1. The molecule has 120 valence electrons. The van der Waals surface area contributed by atoms with Gasteiger partial charge >= 0.3 is 0 Å². The molecule has 0 aliphatic rings. The molecule has 1 aromatic rings. The van der Waals surface area contributed by atoms with Crippen LogP contribution >= 0.6 is 10.7 Å². The normalized spacial score (nSPS) is 12.4. The molecule has 0 spiro atoms. The monoisotopic (exact) mass is 334 g/mol. The van der Waals surface area contributed by atoms with Gasteiger partial charge in [-0.25, -0.2) is 8.42 Å². The minimum atomic E-state index is -3.73. The van der Waals surface area contributed by atoms with Gasteiger partial charge in [0.15, 0.2) is 0 Å². The van der Waals surface area contributed by atoms with Gasteiger partial charge in [0, 0.05) is 30.0 Å². The Hall–Kier alpha value is -0.780. The van der Waals surface area contributed by atoms with Crippen molar-refractivity contribution in [2.75, 3.05) is 20.3 Å². The molecular formula is C15H23ClO4S. The Morgan fingerprint density at radius 1 is 1.14 bits per heavy atom. The van der Waals surface area contributed by atoms with E-state index in [1.165, 1.54) is 6.07 Å². The highest BCUT2D eigenvalue weighted by Gasteiger charge is 2.22. The summed E-state index contributed by atoms with van der Waals surface area (Å²) in [6, 6.07) is 4.74. The Morgan fingerprint density at radius 2 is 1.76 bits per heavy atom. The van der Waals surface area contributed by atoms with Gasteiger partial charge < -0.3 is 9.47 Å². The van der Waals surface area contributed by atoms with Crippen molar-refractivity contribution in [3.8, 4) is 5.75 Å². The number of hydrogen-bond donors (Lipinski definition) is 0. The maximum atomic E-state index is 11.5. The zero-order valence-corrected chi connectivity index (χ0v) is 14.6. The average Bonchev–Trinajstić information content (AvgIpc) is 2.36. The lowest BCUT2D eigenvalue weighted by molar-refractivity contribution is 0.183. The first-order chi connectivity index (χ1) is 9.66. The highest BCUT2D eigenvalue weighted by molar-refractivity contribution is 8.13. The summed E-state index contributed by atoms with van der Waals surface area (Å²) in [5.74, 6) is 0.698. The van der Waals surface area contributed by atoms with Crippen LogP contribution in [0.2, 0.25) is 0 Å². The van der Waals surface area contributed by atoms with Crippen LogP contribution in [0.15, 0.2) is 23.1 Å². The van der Waals surface area contributed by atoms with Crippen LogP contribution in [0.25, 0.3) is 0 Å². The second-order valence-electron chi connectivity index (χ2n) is 5.89. The van der Waals surface area contributed by atoms with Gasteiger partial charge in [-0.05, 0) is 36.5 Å². The summed E-state index contributed by atoms with van der Waals surface area (Å²) < 4.78 is 33.7. The summed E-state index contributed by atoms with van der Waals surface area (Å²) in [6.45, 7) is 7.29. The average molecular weight is 335 g/mol. The molecule has 0 fully saturated rings. The Bertz CT molecular complexity index is 562. The van der Waals surface area contributed by atoms with Gasteiger partial charge in [-0.1, -0.05) is 20.8 Å².